The number of nitrogens with zero attached hydrogens (tertiary/aromatic N) is 1. The van der Waals surface area contributed by atoms with Crippen LogP contribution in [0.2, 0.25) is 0 Å². The monoisotopic (exact) mass is 207 g/mol. The molecular formula is C14H25N. The molecule has 2 aliphatic heterocycles. The molecule has 0 spiro atoms. The van der Waals surface area contributed by atoms with Gasteiger partial charge in [0.1, 0.15) is 0 Å². The van der Waals surface area contributed by atoms with Gasteiger partial charge < -0.3 is 0 Å². The number of rotatable bonds is 1. The Kier molecular flexibility index (Phi) is 2.31. The van der Waals surface area contributed by atoms with Crippen molar-refractivity contribution in [1.82, 2.24) is 4.90 Å². The molecule has 0 N–H and O–H groups in total. The molecule has 0 aliphatic carbocycles. The molecule has 1 fully saturated rings. The molecule has 0 aromatic rings. The van der Waals surface area contributed by atoms with Crippen molar-refractivity contribution in [3.05, 3.63) is 12.2 Å². The van der Waals surface area contributed by atoms with E-state index in [1.807, 2.05) is 0 Å². The van der Waals surface area contributed by atoms with Gasteiger partial charge in [0.05, 0.1) is 0 Å². The van der Waals surface area contributed by atoms with Gasteiger partial charge in [0.15, 0.2) is 0 Å². The Morgan fingerprint density at radius 3 is 2.47 bits per heavy atom. The largest absolute Gasteiger partial charge is 0.286 e. The molecule has 2 aliphatic rings. The third-order valence-corrected chi connectivity index (χ3v) is 3.86. The van der Waals surface area contributed by atoms with Crippen molar-refractivity contribution < 1.29 is 0 Å². The first-order valence-corrected chi connectivity index (χ1v) is 6.23. The van der Waals surface area contributed by atoms with Crippen LogP contribution in [0.3, 0.4) is 0 Å². The first-order valence-electron chi connectivity index (χ1n) is 6.23. The van der Waals surface area contributed by atoms with Crippen LogP contribution in [0.1, 0.15) is 53.9 Å². The molecule has 1 nitrogen and oxygen atoms in total. The molecule has 86 valence electrons. The zero-order chi connectivity index (χ0) is 11.3. The topological polar surface area (TPSA) is 3.24 Å². The van der Waals surface area contributed by atoms with Crippen molar-refractivity contribution >= 4 is 0 Å². The quantitative estimate of drug-likeness (QED) is 0.594. The van der Waals surface area contributed by atoms with E-state index < -0.39 is 0 Å². The lowest BCUT2D eigenvalue weighted by Gasteiger charge is -2.42. The van der Waals surface area contributed by atoms with Crippen LogP contribution in [0, 0.1) is 5.41 Å². The molecule has 1 heteroatoms. The highest BCUT2D eigenvalue weighted by Crippen LogP contribution is 2.48. The van der Waals surface area contributed by atoms with E-state index in [-0.39, 0.29) is 5.54 Å². The maximum absolute atomic E-state index is 2.71. The minimum Gasteiger partial charge on any atom is -0.286 e. The van der Waals surface area contributed by atoms with Gasteiger partial charge in [-0.15, -0.1) is 0 Å². The Morgan fingerprint density at radius 1 is 1.20 bits per heavy atom. The molecule has 0 amide bonds. The third kappa shape index (κ3) is 1.87. The van der Waals surface area contributed by atoms with Crippen molar-refractivity contribution in [3.63, 3.8) is 0 Å². The molecule has 15 heavy (non-hydrogen) atoms. The number of fused-ring (bicyclic) bond motifs is 1. The molecule has 0 radical (unpaired) electrons. The summed E-state index contributed by atoms with van der Waals surface area (Å²) >= 11 is 0. The van der Waals surface area contributed by atoms with Crippen molar-refractivity contribution in [1.29, 1.82) is 0 Å². The molecule has 2 heterocycles. The second-order valence-corrected chi connectivity index (χ2v) is 7.08. The fourth-order valence-electron chi connectivity index (χ4n) is 3.55. The summed E-state index contributed by atoms with van der Waals surface area (Å²) < 4.78 is 0. The van der Waals surface area contributed by atoms with E-state index in [1.54, 1.807) is 0 Å². The Hall–Kier alpha value is -0.300. The normalized spacial score (nSPS) is 34.7. The minimum atomic E-state index is 0.280. The van der Waals surface area contributed by atoms with Crippen molar-refractivity contribution in [2.75, 3.05) is 6.54 Å². The fraction of sp³-hybridized carbons (Fsp3) is 0.857. The van der Waals surface area contributed by atoms with E-state index in [1.165, 1.54) is 25.8 Å². The summed E-state index contributed by atoms with van der Waals surface area (Å²) in [6, 6.07) is 0. The standard InChI is InChI=1S/C14H25N/c1-12(2,3)11-14-7-6-10-15(14)13(4,5)8-9-14/h8-9H,6-7,10-11H2,1-5H3. The molecular weight excluding hydrogens is 182 g/mol. The van der Waals surface area contributed by atoms with Crippen LogP contribution in [-0.2, 0) is 0 Å². The van der Waals surface area contributed by atoms with Crippen molar-refractivity contribution in [2.45, 2.75) is 65.0 Å². The first-order chi connectivity index (χ1) is 6.75. The molecule has 1 atom stereocenters. The van der Waals surface area contributed by atoms with E-state index in [4.69, 9.17) is 0 Å². The summed E-state index contributed by atoms with van der Waals surface area (Å²) in [6.07, 6.45) is 8.91. The van der Waals surface area contributed by atoms with Crippen LogP contribution in [0.25, 0.3) is 0 Å². The summed E-state index contributed by atoms with van der Waals surface area (Å²) in [7, 11) is 0. The van der Waals surface area contributed by atoms with Gasteiger partial charge in [0, 0.05) is 11.1 Å². The predicted octanol–water partition coefficient (Wildman–Crippen LogP) is 3.61. The molecule has 0 aromatic carbocycles. The van der Waals surface area contributed by atoms with Crippen LogP contribution in [0.5, 0.6) is 0 Å². The predicted molar refractivity (Wildman–Crippen MR) is 66.0 cm³/mol. The first kappa shape index (κ1) is 11.2. The summed E-state index contributed by atoms with van der Waals surface area (Å²) in [5, 5.41) is 0. The Labute approximate surface area is 94.5 Å². The van der Waals surface area contributed by atoms with Gasteiger partial charge in [-0.1, -0.05) is 32.9 Å². The summed E-state index contributed by atoms with van der Waals surface area (Å²) in [6.45, 7) is 13.0. The smallest absolute Gasteiger partial charge is 0.0405 e. The summed E-state index contributed by atoms with van der Waals surface area (Å²) in [5.74, 6) is 0. The van der Waals surface area contributed by atoms with Crippen molar-refractivity contribution in [3.8, 4) is 0 Å². The van der Waals surface area contributed by atoms with Gasteiger partial charge in [-0.25, -0.2) is 0 Å². The van der Waals surface area contributed by atoms with Crippen LogP contribution < -0.4 is 0 Å². The van der Waals surface area contributed by atoms with Gasteiger partial charge >= 0.3 is 0 Å². The zero-order valence-electron chi connectivity index (χ0n) is 10.9. The van der Waals surface area contributed by atoms with Gasteiger partial charge in [0.2, 0.25) is 0 Å². The van der Waals surface area contributed by atoms with Gasteiger partial charge in [0.25, 0.3) is 0 Å². The number of hydrogen-bond acceptors (Lipinski definition) is 1. The Balaban J connectivity index is 2.25. The van der Waals surface area contributed by atoms with Gasteiger partial charge in [-0.3, -0.25) is 4.90 Å². The second kappa shape index (κ2) is 3.10. The average Bonchev–Trinajstić information content (AvgIpc) is 2.50. The van der Waals surface area contributed by atoms with E-state index in [9.17, 15) is 0 Å². The SMILES string of the molecule is CC(C)(C)CC12C=CC(C)(C)N1CCC2. The highest BCUT2D eigenvalue weighted by Gasteiger charge is 2.50. The fourth-order valence-corrected chi connectivity index (χ4v) is 3.55. The van der Waals surface area contributed by atoms with Gasteiger partial charge in [-0.05, 0) is 45.1 Å². The van der Waals surface area contributed by atoms with Crippen molar-refractivity contribution in [2.24, 2.45) is 5.41 Å². The highest BCUT2D eigenvalue weighted by atomic mass is 15.3. The third-order valence-electron chi connectivity index (χ3n) is 3.86. The zero-order valence-corrected chi connectivity index (χ0v) is 10.9. The summed E-state index contributed by atoms with van der Waals surface area (Å²) in [5.41, 5.74) is 1.08. The lowest BCUT2D eigenvalue weighted by Crippen LogP contribution is -2.49. The minimum absolute atomic E-state index is 0.280. The maximum atomic E-state index is 2.71. The molecule has 1 saturated heterocycles. The molecule has 0 aromatic heterocycles. The Bertz CT molecular complexity index is 282. The van der Waals surface area contributed by atoms with E-state index >= 15 is 0 Å². The lowest BCUT2D eigenvalue weighted by atomic mass is 9.79. The highest BCUT2D eigenvalue weighted by molar-refractivity contribution is 5.26. The second-order valence-electron chi connectivity index (χ2n) is 7.08. The Morgan fingerprint density at radius 2 is 1.87 bits per heavy atom. The van der Waals surface area contributed by atoms with Crippen LogP contribution in [0.4, 0.5) is 0 Å². The molecule has 0 bridgehead atoms. The maximum Gasteiger partial charge on any atom is 0.0405 e. The van der Waals surface area contributed by atoms with Crippen LogP contribution >= 0.6 is 0 Å². The van der Waals surface area contributed by atoms with Crippen LogP contribution in [0.15, 0.2) is 12.2 Å². The van der Waals surface area contributed by atoms with Crippen LogP contribution in [-0.4, -0.2) is 22.5 Å². The van der Waals surface area contributed by atoms with Gasteiger partial charge in [-0.2, -0.15) is 0 Å². The van der Waals surface area contributed by atoms with E-state index in [0.29, 0.717) is 11.0 Å². The average molecular weight is 207 g/mol. The van der Waals surface area contributed by atoms with E-state index in [0.717, 1.165) is 0 Å². The molecule has 2 rings (SSSR count). The molecule has 0 saturated carbocycles. The lowest BCUT2D eigenvalue weighted by molar-refractivity contribution is 0.0832. The van der Waals surface area contributed by atoms with E-state index in [2.05, 4.69) is 51.7 Å². The molecule has 1 unspecified atom stereocenters. The summed E-state index contributed by atoms with van der Waals surface area (Å²) in [4.78, 5) is 2.71. The number of hydrogen-bond donors (Lipinski definition) is 0.